The number of carbonyl (C=O) groups is 1. The molecule has 50 heavy (non-hydrogen) atoms. The van der Waals surface area contributed by atoms with Gasteiger partial charge in [-0.1, -0.05) is 83.3 Å². The van der Waals surface area contributed by atoms with E-state index in [0.29, 0.717) is 6.54 Å². The number of hydrogen-bond donors (Lipinski definition) is 7. The lowest BCUT2D eigenvalue weighted by Gasteiger charge is -2.45. The van der Waals surface area contributed by atoms with Crippen LogP contribution in [-0.4, -0.2) is 147 Å². The van der Waals surface area contributed by atoms with E-state index >= 15 is 0 Å². The minimum Gasteiger partial charge on any atom is -0.388 e. The van der Waals surface area contributed by atoms with Crippen LogP contribution in [0, 0.1) is 0 Å². The van der Waals surface area contributed by atoms with Crippen molar-refractivity contribution >= 4 is 5.91 Å². The largest absolute Gasteiger partial charge is 0.388 e. The van der Waals surface area contributed by atoms with E-state index in [4.69, 9.17) is 23.7 Å². The number of amides is 1. The molecule has 0 aromatic heterocycles. The van der Waals surface area contributed by atoms with Crippen LogP contribution in [0.2, 0.25) is 0 Å². The predicted octanol–water partition coefficient (Wildman–Crippen LogP) is 1.63. The third-order valence-electron chi connectivity index (χ3n) is 9.83. The van der Waals surface area contributed by atoms with Crippen LogP contribution in [0.1, 0.15) is 110 Å². The summed E-state index contributed by atoms with van der Waals surface area (Å²) in [7, 11) is 0. The van der Waals surface area contributed by atoms with Gasteiger partial charge in [-0.05, 0) is 32.1 Å². The van der Waals surface area contributed by atoms with Crippen molar-refractivity contribution in [3.05, 3.63) is 12.2 Å². The molecule has 1 amide bonds. The molecule has 0 aliphatic carbocycles. The Hall–Kier alpha value is -1.27. The van der Waals surface area contributed by atoms with Crippen LogP contribution >= 0.6 is 0 Å². The second-order valence-corrected chi connectivity index (χ2v) is 14.0. The quantitative estimate of drug-likeness (QED) is 0.0628. The molecule has 0 saturated carbocycles. The first-order valence-electron chi connectivity index (χ1n) is 18.9. The van der Waals surface area contributed by atoms with E-state index in [9.17, 15) is 40.5 Å². The molecular weight excluding hydrogens is 654 g/mol. The highest BCUT2D eigenvalue weighted by molar-refractivity contribution is 5.73. The van der Waals surface area contributed by atoms with Gasteiger partial charge < -0.3 is 64.3 Å². The first-order chi connectivity index (χ1) is 24.1. The maximum absolute atomic E-state index is 12.5. The molecule has 0 aromatic rings. The monoisotopic (exact) mass is 719 g/mol. The highest BCUT2D eigenvalue weighted by Gasteiger charge is 2.48. The van der Waals surface area contributed by atoms with Gasteiger partial charge in [-0.25, -0.2) is 0 Å². The Morgan fingerprint density at radius 1 is 0.600 bits per heavy atom. The second kappa shape index (κ2) is 23.4. The molecule has 3 aliphatic heterocycles. The fourth-order valence-electron chi connectivity index (χ4n) is 6.59. The normalized spacial score (nSPS) is 35.1. The molecule has 3 saturated heterocycles. The van der Waals surface area contributed by atoms with Gasteiger partial charge in [0.05, 0.1) is 19.8 Å². The summed E-state index contributed by atoms with van der Waals surface area (Å²) in [5, 5.41) is 72.6. The smallest absolute Gasteiger partial charge is 0.221 e. The molecule has 0 aromatic carbocycles. The van der Waals surface area contributed by atoms with Crippen molar-refractivity contribution in [3.63, 3.8) is 0 Å². The number of allylic oxidation sites excluding steroid dienone is 2. The number of ether oxygens (including phenoxy) is 5. The maximum Gasteiger partial charge on any atom is 0.221 e. The molecular formula is C36H65NO13. The Balaban J connectivity index is 1.30. The molecule has 14 nitrogen and oxygen atoms in total. The van der Waals surface area contributed by atoms with E-state index < -0.39 is 73.7 Å². The SMILES string of the molecule is CCCCCCCCC/C=C\CCCCCCCCN(C(C)=O)C1OCC(OC2OCC(OC3OCC(O)C(O)C3O)C(O)C2O)C(O)C1O. The summed E-state index contributed by atoms with van der Waals surface area (Å²) in [6.45, 7) is 3.17. The zero-order valence-corrected chi connectivity index (χ0v) is 30.0. The average Bonchev–Trinajstić information content (AvgIpc) is 3.10. The zero-order chi connectivity index (χ0) is 36.5. The number of carbonyl (C=O) groups excluding carboxylic acids is 1. The van der Waals surface area contributed by atoms with E-state index in [-0.39, 0.29) is 25.7 Å². The van der Waals surface area contributed by atoms with Crippen LogP contribution in [0.15, 0.2) is 12.2 Å². The third-order valence-corrected chi connectivity index (χ3v) is 9.83. The molecule has 3 rings (SSSR count). The van der Waals surface area contributed by atoms with E-state index in [2.05, 4.69) is 19.1 Å². The van der Waals surface area contributed by atoms with Crippen molar-refractivity contribution in [2.24, 2.45) is 0 Å². The number of rotatable bonds is 22. The van der Waals surface area contributed by atoms with E-state index in [1.165, 1.54) is 69.6 Å². The van der Waals surface area contributed by atoms with Gasteiger partial charge >= 0.3 is 0 Å². The lowest BCUT2D eigenvalue weighted by molar-refractivity contribution is -0.343. The zero-order valence-electron chi connectivity index (χ0n) is 30.0. The van der Waals surface area contributed by atoms with Gasteiger partial charge in [0.2, 0.25) is 5.91 Å². The topological polar surface area (TPSA) is 208 Å². The Labute approximate surface area is 297 Å². The number of aliphatic hydroxyl groups is 7. The summed E-state index contributed by atoms with van der Waals surface area (Å²) < 4.78 is 27.7. The van der Waals surface area contributed by atoms with Gasteiger partial charge in [-0.3, -0.25) is 4.79 Å². The van der Waals surface area contributed by atoms with Crippen LogP contribution in [0.4, 0.5) is 0 Å². The van der Waals surface area contributed by atoms with Crippen molar-refractivity contribution in [2.45, 2.75) is 184 Å². The Morgan fingerprint density at radius 3 is 1.62 bits per heavy atom. The number of unbranched alkanes of at least 4 members (excludes halogenated alkanes) is 13. The lowest BCUT2D eigenvalue weighted by atomic mass is 10.0. The molecule has 0 bridgehead atoms. The molecule has 7 N–H and O–H groups in total. The number of hydrogen-bond acceptors (Lipinski definition) is 13. The molecule has 0 radical (unpaired) electrons. The van der Waals surface area contributed by atoms with Gasteiger partial charge in [0, 0.05) is 13.5 Å². The van der Waals surface area contributed by atoms with Gasteiger partial charge in [-0.15, -0.1) is 0 Å². The van der Waals surface area contributed by atoms with Gasteiger partial charge in [-0.2, -0.15) is 0 Å². The molecule has 12 unspecified atom stereocenters. The van der Waals surface area contributed by atoms with E-state index in [1.54, 1.807) is 0 Å². The summed E-state index contributed by atoms with van der Waals surface area (Å²) in [6, 6.07) is 0. The Bertz CT molecular complexity index is 959. The Kier molecular flexibility index (Phi) is 20.2. The van der Waals surface area contributed by atoms with E-state index in [1.807, 2.05) is 0 Å². The van der Waals surface area contributed by atoms with Gasteiger partial charge in [0.25, 0.3) is 0 Å². The van der Waals surface area contributed by atoms with Crippen LogP contribution in [0.3, 0.4) is 0 Å². The van der Waals surface area contributed by atoms with Gasteiger partial charge in [0.15, 0.2) is 18.8 Å². The molecule has 14 heteroatoms. The van der Waals surface area contributed by atoms with Crippen molar-refractivity contribution in [1.29, 1.82) is 0 Å². The Morgan fingerprint density at radius 2 is 1.06 bits per heavy atom. The van der Waals surface area contributed by atoms with Crippen LogP contribution < -0.4 is 0 Å². The summed E-state index contributed by atoms with van der Waals surface area (Å²) >= 11 is 0. The fourth-order valence-corrected chi connectivity index (χ4v) is 6.59. The van der Waals surface area contributed by atoms with Crippen molar-refractivity contribution in [1.82, 2.24) is 4.90 Å². The average molecular weight is 720 g/mol. The van der Waals surface area contributed by atoms with Crippen LogP contribution in [0.25, 0.3) is 0 Å². The predicted molar refractivity (Wildman–Crippen MR) is 182 cm³/mol. The standard InChI is InChI=1S/C36H65NO13/c1-3-4-5-6-7-8-9-10-11-12-13-14-15-16-17-18-19-20-37(24(2)38)34-31(43)29(41)26(22-46-34)49-36-33(45)30(42)27(23-48-36)50-35-32(44)28(40)25(39)21-47-35/h11-12,25-36,39-45H,3-10,13-23H2,1-2H3/b12-11-. The molecule has 3 aliphatic rings. The first-order valence-corrected chi connectivity index (χ1v) is 18.9. The summed E-state index contributed by atoms with van der Waals surface area (Å²) in [6.07, 6.45) is 5.58. The molecule has 3 fully saturated rings. The molecule has 292 valence electrons. The van der Waals surface area contributed by atoms with Crippen LogP contribution in [-0.2, 0) is 28.5 Å². The minimum absolute atomic E-state index is 0.217. The highest BCUT2D eigenvalue weighted by atomic mass is 16.7. The maximum atomic E-state index is 12.5. The van der Waals surface area contributed by atoms with Crippen molar-refractivity contribution in [2.75, 3.05) is 26.4 Å². The molecule has 0 spiro atoms. The van der Waals surface area contributed by atoms with Crippen molar-refractivity contribution in [3.8, 4) is 0 Å². The molecule has 3 heterocycles. The fraction of sp³-hybridized carbons (Fsp3) is 0.917. The van der Waals surface area contributed by atoms with Gasteiger partial charge in [0.1, 0.15) is 54.9 Å². The summed E-state index contributed by atoms with van der Waals surface area (Å²) in [5.41, 5.74) is 0. The summed E-state index contributed by atoms with van der Waals surface area (Å²) in [4.78, 5) is 13.9. The minimum atomic E-state index is -1.66. The van der Waals surface area contributed by atoms with Crippen molar-refractivity contribution < 1.29 is 64.2 Å². The van der Waals surface area contributed by atoms with E-state index in [0.717, 1.165) is 38.5 Å². The lowest BCUT2D eigenvalue weighted by Crippen LogP contribution is -2.63. The number of nitrogens with zero attached hydrogens (tertiary/aromatic N) is 1. The second-order valence-electron chi connectivity index (χ2n) is 14.0. The van der Waals surface area contributed by atoms with Crippen LogP contribution in [0.5, 0.6) is 0 Å². The number of aliphatic hydroxyl groups excluding tert-OH is 7. The summed E-state index contributed by atoms with van der Waals surface area (Å²) in [5.74, 6) is -0.293. The molecule has 12 atom stereocenters. The third kappa shape index (κ3) is 13.6. The first kappa shape index (κ1) is 43.1. The highest BCUT2D eigenvalue weighted by Crippen LogP contribution is 2.28.